The van der Waals surface area contributed by atoms with Crippen LogP contribution in [0.2, 0.25) is 0 Å². The molecule has 0 aliphatic carbocycles. The van der Waals surface area contributed by atoms with E-state index in [2.05, 4.69) is 20.0 Å². The summed E-state index contributed by atoms with van der Waals surface area (Å²) in [7, 11) is -3.25. The van der Waals surface area contributed by atoms with Crippen molar-refractivity contribution in [1.82, 2.24) is 24.9 Å². The van der Waals surface area contributed by atoms with E-state index in [1.165, 1.54) is 50.5 Å². The first kappa shape index (κ1) is 54.3. The molecule has 2 heterocycles. The molecule has 22 nitrogen and oxygen atoms in total. The molecule has 12 N–H and O–H groups in total. The van der Waals surface area contributed by atoms with Crippen LogP contribution in [0.4, 0.5) is 0 Å². The number of aryl methyl sites for hydroxylation is 1. The Labute approximate surface area is 404 Å². The Kier molecular flexibility index (Phi) is 18.5. The maximum Gasteiger partial charge on any atom is 0.326 e. The number of benzene rings is 3. The van der Waals surface area contributed by atoms with E-state index in [4.69, 9.17) is 30.8 Å². The molecule has 3 aromatic carbocycles. The Morgan fingerprint density at radius 3 is 2.17 bits per heavy atom. The van der Waals surface area contributed by atoms with Gasteiger partial charge in [0, 0.05) is 74.7 Å². The summed E-state index contributed by atoms with van der Waals surface area (Å²) in [6.07, 6.45) is -2.65. The largest absolute Gasteiger partial charge is 0.504 e. The number of Topliss-reactive ketones (excluding diaryl/α,β-unsaturated/α-hetero) is 2. The zero-order valence-corrected chi connectivity index (χ0v) is 40.1. The molecule has 2 amide bonds. The van der Waals surface area contributed by atoms with Crippen molar-refractivity contribution in [2.75, 3.05) is 39.9 Å². The van der Waals surface area contributed by atoms with Crippen LogP contribution in [-0.2, 0) is 35.8 Å². The van der Waals surface area contributed by atoms with Gasteiger partial charge in [0.15, 0.2) is 28.9 Å². The third-order valence-electron chi connectivity index (χ3n) is 11.3. The number of carbonyl (C=O) groups excluding carboxylic acids is 4. The number of aromatic hydroxyl groups is 1. The molecule has 23 heteroatoms. The summed E-state index contributed by atoms with van der Waals surface area (Å²) in [4.78, 5) is 79.7. The topological polar surface area (TPSA) is 359 Å². The second kappa shape index (κ2) is 23.8. The Bertz CT molecular complexity index is 2670. The fraction of sp³-hybridized carbons (Fsp3) is 0.426. The number of hydrogen-bond acceptors (Lipinski definition) is 17. The Morgan fingerprint density at radius 1 is 0.943 bits per heavy atom. The predicted molar refractivity (Wildman–Crippen MR) is 254 cm³/mol. The van der Waals surface area contributed by atoms with Crippen molar-refractivity contribution in [2.45, 2.75) is 77.4 Å². The number of phenols is 1. The number of rotatable bonds is 20. The highest BCUT2D eigenvalue weighted by Crippen LogP contribution is 2.45. The minimum absolute atomic E-state index is 0.0111. The fourth-order valence-electron chi connectivity index (χ4n) is 7.58. The molecule has 0 saturated carbocycles. The number of aromatic nitrogens is 2. The summed E-state index contributed by atoms with van der Waals surface area (Å²) in [5.41, 5.74) is 12.4. The number of carboxylic acid groups (broad SMARTS) is 1. The van der Waals surface area contributed by atoms with Crippen molar-refractivity contribution in [1.29, 1.82) is 0 Å². The Hall–Kier alpha value is -6.60. The number of hydrogen-bond donors (Lipinski definition) is 9. The van der Waals surface area contributed by atoms with E-state index in [0.717, 1.165) is 4.90 Å². The van der Waals surface area contributed by atoms with Crippen LogP contribution in [0.3, 0.4) is 0 Å². The van der Waals surface area contributed by atoms with Gasteiger partial charge in [0.2, 0.25) is 11.8 Å². The number of likely N-dealkylation sites (N-methyl/N-ethyl adjacent to an activating group) is 1. The average Bonchev–Trinajstić information content (AvgIpc) is 3.30. The molecule has 378 valence electrons. The maximum absolute atomic E-state index is 14.9. The number of aliphatic hydroxyl groups is 2. The summed E-state index contributed by atoms with van der Waals surface area (Å²) in [5.74, 6) is -7.28. The lowest BCUT2D eigenvalue weighted by Crippen LogP contribution is -2.46. The molecule has 0 unspecified atom stereocenters. The summed E-state index contributed by atoms with van der Waals surface area (Å²) in [6, 6.07) is 10.8. The quantitative estimate of drug-likeness (QED) is 0.0556. The van der Waals surface area contributed by atoms with Gasteiger partial charge < -0.3 is 56.3 Å². The molecule has 1 aliphatic heterocycles. The van der Waals surface area contributed by atoms with Gasteiger partial charge in [-0.1, -0.05) is 13.0 Å². The van der Waals surface area contributed by atoms with E-state index in [1.807, 2.05) is 13.8 Å². The second-order valence-corrected chi connectivity index (χ2v) is 18.7. The van der Waals surface area contributed by atoms with Gasteiger partial charge in [0.25, 0.3) is 10.2 Å². The van der Waals surface area contributed by atoms with E-state index in [1.54, 1.807) is 31.2 Å². The molecule has 1 aliphatic rings. The van der Waals surface area contributed by atoms with E-state index in [0.29, 0.717) is 16.9 Å². The van der Waals surface area contributed by atoms with E-state index in [9.17, 15) is 52.8 Å². The molecular weight excluding hydrogens is 933 g/mol. The minimum atomic E-state index is -4.46. The van der Waals surface area contributed by atoms with Gasteiger partial charge in [-0.3, -0.25) is 19.2 Å². The monoisotopic (exact) mass is 992 g/mol. The summed E-state index contributed by atoms with van der Waals surface area (Å²) in [6.45, 7) is 4.79. The van der Waals surface area contributed by atoms with Crippen molar-refractivity contribution in [3.63, 3.8) is 0 Å². The summed E-state index contributed by atoms with van der Waals surface area (Å²) < 4.78 is 44.1. The number of aliphatic carboxylic acids is 1. The molecule has 1 aromatic heterocycles. The highest BCUT2D eigenvalue weighted by Gasteiger charge is 2.37. The third kappa shape index (κ3) is 14.2. The van der Waals surface area contributed by atoms with E-state index < -0.39 is 107 Å². The first-order chi connectivity index (χ1) is 33.0. The number of fused-ring (bicyclic) bond motifs is 5. The lowest BCUT2D eigenvalue weighted by molar-refractivity contribution is -0.143. The van der Waals surface area contributed by atoms with Crippen LogP contribution in [0.15, 0.2) is 60.8 Å². The number of aliphatic hydroxyl groups excluding tert-OH is 2. The smallest absolute Gasteiger partial charge is 0.326 e. The summed E-state index contributed by atoms with van der Waals surface area (Å²) >= 11 is 0. The second-order valence-electron chi connectivity index (χ2n) is 17.3. The molecule has 5 rings (SSSR count). The number of nitrogens with zero attached hydrogens (tertiary/aromatic N) is 3. The number of nitrogens with one attached hydrogen (secondary N) is 2. The van der Waals surface area contributed by atoms with E-state index in [-0.39, 0.29) is 77.5 Å². The van der Waals surface area contributed by atoms with Crippen molar-refractivity contribution < 1.29 is 67.0 Å². The first-order valence-corrected chi connectivity index (χ1v) is 23.8. The van der Waals surface area contributed by atoms with Gasteiger partial charge >= 0.3 is 5.97 Å². The highest BCUT2D eigenvalue weighted by atomic mass is 32.2. The number of ketones is 2. The van der Waals surface area contributed by atoms with Crippen LogP contribution in [-0.4, -0.2) is 137 Å². The first-order valence-electron chi connectivity index (χ1n) is 22.3. The predicted octanol–water partition coefficient (Wildman–Crippen LogP) is 0.911. The maximum atomic E-state index is 14.9. The number of nitrogens with two attached hydrogens (primary N) is 3. The molecule has 4 bridgehead atoms. The third-order valence-corrected chi connectivity index (χ3v) is 11.8. The molecule has 0 spiro atoms. The summed E-state index contributed by atoms with van der Waals surface area (Å²) in [5, 5.41) is 50.5. The molecule has 0 saturated heterocycles. The molecule has 0 fully saturated rings. The van der Waals surface area contributed by atoms with Crippen molar-refractivity contribution >= 4 is 39.6 Å². The molecule has 70 heavy (non-hydrogen) atoms. The van der Waals surface area contributed by atoms with Crippen LogP contribution in [0, 0.1) is 18.8 Å². The standard InChI is InChI=1S/C47H60N8O14S/c1-24(2)69-33-9-7-28(8-10-33)44-51-21-36(26(4)53-44)38(58)16-30(20-52-70(50,65)66)46(62)55(5)42-29-15-35(43(60)41(17-29)68-23-32(57)19-49)34-13-27(6-11-40(34)67-22-31(56)18-48)14-37(47(63)64)54-45(61)25(3)12-39(42)59/h6-11,13,15,17,21,24-25,30-32,37,42,52,56-57,60H,12,14,16,18-20,22-23,48-49H2,1-5H3,(H,54,61)(H,63,64)(H2,50,65,66)/t25-,30+,31-,32-,37+,42+/m1/s1. The van der Waals surface area contributed by atoms with Crippen molar-refractivity contribution in [3.8, 4) is 45.5 Å². The highest BCUT2D eigenvalue weighted by molar-refractivity contribution is 7.87. The minimum Gasteiger partial charge on any atom is -0.504 e. The van der Waals surface area contributed by atoms with Crippen LogP contribution in [0.1, 0.15) is 66.8 Å². The zero-order valence-electron chi connectivity index (χ0n) is 39.3. The van der Waals surface area contributed by atoms with Crippen LogP contribution >= 0.6 is 0 Å². The van der Waals surface area contributed by atoms with Gasteiger partial charge in [-0.25, -0.2) is 24.6 Å². The van der Waals surface area contributed by atoms with Crippen molar-refractivity contribution in [3.05, 3.63) is 83.2 Å². The number of carbonyl (C=O) groups is 5. The molecule has 0 radical (unpaired) electrons. The van der Waals surface area contributed by atoms with Gasteiger partial charge in [-0.05, 0) is 80.4 Å². The van der Waals surface area contributed by atoms with Crippen LogP contribution in [0.5, 0.6) is 23.0 Å². The molecule has 6 atom stereocenters. The SMILES string of the molecule is Cc1nc(-c2ccc(OC(C)C)cc2)ncc1C(=O)C[C@@H](CNS(N)(=O)=O)C(=O)N(C)[C@@H]1C(=O)C[C@@H](C)C(=O)N[C@H](C(=O)O)Cc2ccc(OC[C@H](O)CN)c(c2)-c2cc1cc(OC[C@H](O)CN)c2O. The number of phenolic OH excluding ortho intramolecular Hbond substituents is 1. The zero-order chi connectivity index (χ0) is 51.6. The van der Waals surface area contributed by atoms with Gasteiger partial charge in [0.1, 0.15) is 49.0 Å². The number of amides is 2. The Balaban J connectivity index is 1.64. The van der Waals surface area contributed by atoms with E-state index >= 15 is 0 Å². The fourth-order valence-corrected chi connectivity index (χ4v) is 8.01. The lowest BCUT2D eigenvalue weighted by Gasteiger charge is -2.32. The van der Waals surface area contributed by atoms with Crippen LogP contribution in [0.25, 0.3) is 22.5 Å². The van der Waals surface area contributed by atoms with Crippen LogP contribution < -0.4 is 40.9 Å². The Morgan fingerprint density at radius 2 is 1.59 bits per heavy atom. The molecular formula is C47H60N8O14S. The average molecular weight is 993 g/mol. The normalized spacial score (nSPS) is 17.7. The lowest BCUT2D eigenvalue weighted by atomic mass is 9.88. The van der Waals surface area contributed by atoms with Gasteiger partial charge in [-0.2, -0.15) is 8.42 Å². The number of carboxylic acids is 1. The van der Waals surface area contributed by atoms with Gasteiger partial charge in [0.05, 0.1) is 23.3 Å². The molecule has 4 aromatic rings. The van der Waals surface area contributed by atoms with Gasteiger partial charge in [-0.15, -0.1) is 0 Å². The van der Waals surface area contributed by atoms with Crippen molar-refractivity contribution in [2.24, 2.45) is 28.4 Å². The number of ether oxygens (including phenoxy) is 3.